The third-order valence-electron chi connectivity index (χ3n) is 3.71. The SMILES string of the molecule is O=CC1=NCC(CCCc2ccc3ccccc3c2)=C1. The molecule has 0 saturated carbocycles. The van der Waals surface area contributed by atoms with Crippen LogP contribution in [0, 0.1) is 0 Å². The minimum Gasteiger partial charge on any atom is -0.296 e. The first kappa shape index (κ1) is 12.8. The van der Waals surface area contributed by atoms with Crippen LogP contribution < -0.4 is 0 Å². The van der Waals surface area contributed by atoms with Crippen LogP contribution in [0.2, 0.25) is 0 Å². The van der Waals surface area contributed by atoms with Crippen molar-refractivity contribution in [2.45, 2.75) is 19.3 Å². The Balaban J connectivity index is 1.59. The number of allylic oxidation sites excluding steroid dienone is 1. The fourth-order valence-electron chi connectivity index (χ4n) is 2.63. The van der Waals surface area contributed by atoms with Crippen LogP contribution in [0.25, 0.3) is 10.8 Å². The summed E-state index contributed by atoms with van der Waals surface area (Å²) in [6, 6.07) is 15.1. The van der Waals surface area contributed by atoms with Crippen molar-refractivity contribution in [1.82, 2.24) is 0 Å². The predicted octanol–water partition coefficient (Wildman–Crippen LogP) is 3.74. The minimum atomic E-state index is 0.589. The standard InChI is InChI=1S/C18H17NO/c20-13-18-11-15(12-19-18)5-3-4-14-8-9-16-6-1-2-7-17(16)10-14/h1-2,6-11,13H,3-5,12H2. The quantitative estimate of drug-likeness (QED) is 0.755. The molecule has 0 spiro atoms. The maximum absolute atomic E-state index is 10.6. The molecule has 2 aromatic rings. The van der Waals surface area contributed by atoms with Crippen LogP contribution in [0.1, 0.15) is 18.4 Å². The molecule has 0 radical (unpaired) electrons. The van der Waals surface area contributed by atoms with Crippen LogP contribution in [0.3, 0.4) is 0 Å². The lowest BCUT2D eigenvalue weighted by atomic mass is 10.0. The summed E-state index contributed by atoms with van der Waals surface area (Å²) in [5.74, 6) is 0. The van der Waals surface area contributed by atoms with Gasteiger partial charge in [-0.15, -0.1) is 0 Å². The number of hydrogen-bond donors (Lipinski definition) is 0. The van der Waals surface area contributed by atoms with E-state index < -0.39 is 0 Å². The number of carbonyl (C=O) groups is 1. The molecule has 0 amide bonds. The second-order valence-electron chi connectivity index (χ2n) is 5.20. The number of nitrogens with zero attached hydrogens (tertiary/aromatic N) is 1. The lowest BCUT2D eigenvalue weighted by Crippen LogP contribution is -1.90. The summed E-state index contributed by atoms with van der Waals surface area (Å²) in [6.07, 6.45) is 5.95. The molecule has 100 valence electrons. The highest BCUT2D eigenvalue weighted by molar-refractivity contribution is 6.34. The monoisotopic (exact) mass is 263 g/mol. The summed E-state index contributed by atoms with van der Waals surface area (Å²) in [5.41, 5.74) is 3.23. The smallest absolute Gasteiger partial charge is 0.167 e. The van der Waals surface area contributed by atoms with Gasteiger partial charge in [-0.3, -0.25) is 9.79 Å². The van der Waals surface area contributed by atoms with Gasteiger partial charge >= 0.3 is 0 Å². The second-order valence-corrected chi connectivity index (χ2v) is 5.20. The molecule has 0 atom stereocenters. The first-order valence-corrected chi connectivity index (χ1v) is 7.02. The maximum atomic E-state index is 10.6. The highest BCUT2D eigenvalue weighted by Gasteiger charge is 2.07. The number of aldehydes is 1. The fraction of sp³-hybridized carbons (Fsp3) is 0.222. The Labute approximate surface area is 118 Å². The molecule has 0 N–H and O–H groups in total. The van der Waals surface area contributed by atoms with Gasteiger partial charge < -0.3 is 0 Å². The van der Waals surface area contributed by atoms with Gasteiger partial charge in [0.1, 0.15) is 0 Å². The Morgan fingerprint density at radius 2 is 1.90 bits per heavy atom. The van der Waals surface area contributed by atoms with Crippen molar-refractivity contribution in [1.29, 1.82) is 0 Å². The molecule has 20 heavy (non-hydrogen) atoms. The summed E-state index contributed by atoms with van der Waals surface area (Å²) >= 11 is 0. The van der Waals surface area contributed by atoms with Gasteiger partial charge in [0.2, 0.25) is 0 Å². The van der Waals surface area contributed by atoms with Gasteiger partial charge in [-0.05, 0) is 47.2 Å². The number of aliphatic imine (C=N–C) groups is 1. The van der Waals surface area contributed by atoms with E-state index in [1.54, 1.807) is 0 Å². The molecular weight excluding hydrogens is 246 g/mol. The highest BCUT2D eigenvalue weighted by atomic mass is 16.1. The number of carbonyl (C=O) groups excluding carboxylic acids is 1. The van der Waals surface area contributed by atoms with Crippen molar-refractivity contribution in [3.05, 3.63) is 59.7 Å². The van der Waals surface area contributed by atoms with Gasteiger partial charge in [0.25, 0.3) is 0 Å². The number of aryl methyl sites for hydroxylation is 1. The molecule has 0 aliphatic carbocycles. The number of benzene rings is 2. The van der Waals surface area contributed by atoms with Crippen LogP contribution in [-0.2, 0) is 11.2 Å². The molecule has 2 aromatic carbocycles. The Kier molecular flexibility index (Phi) is 3.73. The van der Waals surface area contributed by atoms with Crippen LogP contribution in [-0.4, -0.2) is 18.5 Å². The minimum absolute atomic E-state index is 0.589. The summed E-state index contributed by atoms with van der Waals surface area (Å²) in [5, 5.41) is 2.59. The summed E-state index contributed by atoms with van der Waals surface area (Å²) in [6.45, 7) is 0.700. The van der Waals surface area contributed by atoms with E-state index in [0.29, 0.717) is 12.3 Å². The van der Waals surface area contributed by atoms with Gasteiger partial charge in [-0.1, -0.05) is 42.5 Å². The van der Waals surface area contributed by atoms with E-state index in [4.69, 9.17) is 0 Å². The van der Waals surface area contributed by atoms with E-state index in [2.05, 4.69) is 47.5 Å². The zero-order chi connectivity index (χ0) is 13.8. The third-order valence-corrected chi connectivity index (χ3v) is 3.71. The van der Waals surface area contributed by atoms with Gasteiger partial charge in [0.05, 0.1) is 12.3 Å². The second kappa shape index (κ2) is 5.83. The van der Waals surface area contributed by atoms with Gasteiger partial charge in [0, 0.05) is 0 Å². The van der Waals surface area contributed by atoms with Crippen molar-refractivity contribution in [2.24, 2.45) is 4.99 Å². The Bertz CT molecular complexity index is 697. The van der Waals surface area contributed by atoms with Crippen molar-refractivity contribution in [3.63, 3.8) is 0 Å². The van der Waals surface area contributed by atoms with Crippen molar-refractivity contribution < 1.29 is 4.79 Å². The molecule has 0 saturated heterocycles. The largest absolute Gasteiger partial charge is 0.296 e. The third kappa shape index (κ3) is 2.85. The molecule has 0 unspecified atom stereocenters. The maximum Gasteiger partial charge on any atom is 0.167 e. The van der Waals surface area contributed by atoms with Gasteiger partial charge in [-0.2, -0.15) is 0 Å². The molecule has 0 aromatic heterocycles. The molecule has 0 fully saturated rings. The lowest BCUT2D eigenvalue weighted by molar-refractivity contribution is -0.102. The predicted molar refractivity (Wildman–Crippen MR) is 83.3 cm³/mol. The zero-order valence-corrected chi connectivity index (χ0v) is 11.4. The molecule has 1 heterocycles. The van der Waals surface area contributed by atoms with E-state index in [0.717, 1.165) is 25.5 Å². The Hall–Kier alpha value is -2.22. The van der Waals surface area contributed by atoms with E-state index in [1.807, 2.05) is 6.08 Å². The van der Waals surface area contributed by atoms with Crippen molar-refractivity contribution in [3.8, 4) is 0 Å². The van der Waals surface area contributed by atoms with E-state index >= 15 is 0 Å². The summed E-state index contributed by atoms with van der Waals surface area (Å²) in [4.78, 5) is 14.8. The van der Waals surface area contributed by atoms with E-state index in [-0.39, 0.29) is 0 Å². The lowest BCUT2D eigenvalue weighted by Gasteiger charge is -2.04. The van der Waals surface area contributed by atoms with Crippen LogP contribution in [0.5, 0.6) is 0 Å². The highest BCUT2D eigenvalue weighted by Crippen LogP contribution is 2.18. The average Bonchev–Trinajstić information content (AvgIpc) is 2.95. The van der Waals surface area contributed by atoms with Crippen LogP contribution in [0.15, 0.2) is 59.1 Å². The number of fused-ring (bicyclic) bond motifs is 1. The first-order valence-electron chi connectivity index (χ1n) is 7.02. The van der Waals surface area contributed by atoms with Crippen molar-refractivity contribution >= 4 is 22.8 Å². The van der Waals surface area contributed by atoms with Gasteiger partial charge in [0.15, 0.2) is 6.29 Å². The Morgan fingerprint density at radius 1 is 1.05 bits per heavy atom. The molecular formula is C18H17NO. The van der Waals surface area contributed by atoms with Gasteiger partial charge in [-0.25, -0.2) is 0 Å². The topological polar surface area (TPSA) is 29.4 Å². The Morgan fingerprint density at radius 3 is 2.70 bits per heavy atom. The fourth-order valence-corrected chi connectivity index (χ4v) is 2.63. The van der Waals surface area contributed by atoms with E-state index in [1.165, 1.54) is 21.9 Å². The van der Waals surface area contributed by atoms with E-state index in [9.17, 15) is 4.79 Å². The van der Waals surface area contributed by atoms with Crippen molar-refractivity contribution in [2.75, 3.05) is 6.54 Å². The normalized spacial score (nSPS) is 14.2. The summed E-state index contributed by atoms with van der Waals surface area (Å²) in [7, 11) is 0. The molecule has 1 aliphatic heterocycles. The summed E-state index contributed by atoms with van der Waals surface area (Å²) < 4.78 is 0. The molecule has 2 heteroatoms. The molecule has 1 aliphatic rings. The number of rotatable bonds is 5. The number of hydrogen-bond acceptors (Lipinski definition) is 2. The molecule has 3 rings (SSSR count). The first-order chi connectivity index (χ1) is 9.85. The average molecular weight is 263 g/mol. The zero-order valence-electron chi connectivity index (χ0n) is 11.4. The molecule has 0 bridgehead atoms. The van der Waals surface area contributed by atoms with Crippen LogP contribution in [0.4, 0.5) is 0 Å². The van der Waals surface area contributed by atoms with Crippen LogP contribution >= 0.6 is 0 Å². The molecule has 2 nitrogen and oxygen atoms in total.